The lowest BCUT2D eigenvalue weighted by Crippen LogP contribution is -2.22. The smallest absolute Gasteiger partial charge is 0.261 e. The summed E-state index contributed by atoms with van der Waals surface area (Å²) in [6.07, 6.45) is 2.65. The Morgan fingerprint density at radius 3 is 2.68 bits per heavy atom. The van der Waals surface area contributed by atoms with Crippen molar-refractivity contribution < 1.29 is 14.3 Å². The zero-order valence-electron chi connectivity index (χ0n) is 14.5. The Kier molecular flexibility index (Phi) is 4.39. The molecule has 132 valence electrons. The van der Waals surface area contributed by atoms with Crippen molar-refractivity contribution in [1.29, 1.82) is 0 Å². The van der Waals surface area contributed by atoms with Crippen LogP contribution in [-0.4, -0.2) is 31.1 Å². The first-order valence-electron chi connectivity index (χ1n) is 8.52. The maximum absolute atomic E-state index is 12.5. The minimum atomic E-state index is -0.00726. The molecule has 0 unspecified atom stereocenters. The quantitative estimate of drug-likeness (QED) is 0.862. The van der Waals surface area contributed by atoms with Gasteiger partial charge in [0.05, 0.1) is 19.1 Å². The first kappa shape index (κ1) is 16.4. The van der Waals surface area contributed by atoms with Crippen LogP contribution in [0.15, 0.2) is 24.3 Å². The number of carbonyl (C=O) groups is 1. The van der Waals surface area contributed by atoms with Crippen molar-refractivity contribution in [2.75, 3.05) is 14.2 Å². The lowest BCUT2D eigenvalue weighted by atomic mass is 10.2. The zero-order chi connectivity index (χ0) is 17.4. The van der Waals surface area contributed by atoms with E-state index in [4.69, 9.17) is 9.47 Å². The third-order valence-electron chi connectivity index (χ3n) is 4.80. The Bertz CT molecular complexity index is 774. The second-order valence-corrected chi connectivity index (χ2v) is 7.70. The van der Waals surface area contributed by atoms with Gasteiger partial charge in [0, 0.05) is 30.6 Å². The maximum atomic E-state index is 12.5. The third-order valence-corrected chi connectivity index (χ3v) is 5.97. The van der Waals surface area contributed by atoms with Crippen LogP contribution in [0.2, 0.25) is 0 Å². The largest absolute Gasteiger partial charge is 0.493 e. The van der Waals surface area contributed by atoms with E-state index in [1.807, 2.05) is 18.2 Å². The first-order chi connectivity index (χ1) is 12.2. The van der Waals surface area contributed by atoms with Gasteiger partial charge in [0.25, 0.3) is 5.91 Å². The fourth-order valence-corrected chi connectivity index (χ4v) is 4.38. The van der Waals surface area contributed by atoms with E-state index in [0.29, 0.717) is 18.0 Å². The molecule has 0 bridgehead atoms. The molecule has 0 atom stereocenters. The molecule has 1 aromatic heterocycles. The van der Waals surface area contributed by atoms with Crippen molar-refractivity contribution in [2.24, 2.45) is 0 Å². The summed E-state index contributed by atoms with van der Waals surface area (Å²) in [7, 11) is 3.22. The summed E-state index contributed by atoms with van der Waals surface area (Å²) in [6.45, 7) is 2.48. The van der Waals surface area contributed by atoms with Crippen LogP contribution in [0, 0.1) is 0 Å². The fourth-order valence-electron chi connectivity index (χ4n) is 3.26. The summed E-state index contributed by atoms with van der Waals surface area (Å²) >= 11 is 1.63. The lowest BCUT2D eigenvalue weighted by Gasteiger charge is -2.13. The lowest BCUT2D eigenvalue weighted by molar-refractivity contribution is 0.0954. The van der Waals surface area contributed by atoms with Crippen molar-refractivity contribution in [2.45, 2.75) is 38.5 Å². The van der Waals surface area contributed by atoms with Crippen LogP contribution in [0.3, 0.4) is 0 Å². The molecule has 0 radical (unpaired) electrons. The van der Waals surface area contributed by atoms with Gasteiger partial charge in [-0.2, -0.15) is 0 Å². The molecule has 0 saturated heterocycles. The first-order valence-corrected chi connectivity index (χ1v) is 9.34. The molecule has 1 aliphatic carbocycles. The summed E-state index contributed by atoms with van der Waals surface area (Å²) < 4.78 is 10.5. The highest BCUT2D eigenvalue weighted by Crippen LogP contribution is 2.38. The summed E-state index contributed by atoms with van der Waals surface area (Å²) in [4.78, 5) is 17.1. The monoisotopic (exact) mass is 358 g/mol. The van der Waals surface area contributed by atoms with E-state index >= 15 is 0 Å². The van der Waals surface area contributed by atoms with Gasteiger partial charge in [-0.3, -0.25) is 9.69 Å². The number of nitrogens with one attached hydrogen (secondary N) is 1. The van der Waals surface area contributed by atoms with Crippen LogP contribution in [0.4, 0.5) is 0 Å². The average molecular weight is 358 g/mol. The predicted molar refractivity (Wildman–Crippen MR) is 97.3 cm³/mol. The van der Waals surface area contributed by atoms with E-state index in [-0.39, 0.29) is 5.91 Å². The highest BCUT2D eigenvalue weighted by molar-refractivity contribution is 7.14. The molecule has 5 nitrogen and oxygen atoms in total. The SMILES string of the molecule is COc1ccc(CNC(=O)c2cc3c(s2)CN(C2CC2)C3)cc1OC. The van der Waals surface area contributed by atoms with Gasteiger partial charge in [0.1, 0.15) is 0 Å². The molecule has 2 aliphatic rings. The Balaban J connectivity index is 1.37. The van der Waals surface area contributed by atoms with Gasteiger partial charge in [-0.25, -0.2) is 0 Å². The number of fused-ring (bicyclic) bond motifs is 1. The number of hydrogen-bond acceptors (Lipinski definition) is 5. The number of hydrogen-bond donors (Lipinski definition) is 1. The Labute approximate surface area is 151 Å². The fraction of sp³-hybridized carbons (Fsp3) is 0.421. The number of ether oxygens (including phenoxy) is 2. The molecular weight excluding hydrogens is 336 g/mol. The highest BCUT2D eigenvalue weighted by atomic mass is 32.1. The molecule has 1 aliphatic heterocycles. The van der Waals surface area contributed by atoms with E-state index in [1.54, 1.807) is 25.6 Å². The summed E-state index contributed by atoms with van der Waals surface area (Å²) in [6, 6.07) is 8.52. The predicted octanol–water partition coefficient (Wildman–Crippen LogP) is 3.17. The van der Waals surface area contributed by atoms with E-state index in [0.717, 1.165) is 29.6 Å². The standard InChI is InChI=1S/C19H22N2O3S/c1-23-15-6-3-12(7-16(15)24-2)9-20-19(22)17-8-13-10-21(14-4-5-14)11-18(13)25-17/h3,6-8,14H,4-5,9-11H2,1-2H3,(H,20,22). The van der Waals surface area contributed by atoms with Gasteiger partial charge in [-0.05, 0) is 42.2 Å². The van der Waals surface area contributed by atoms with Crippen LogP contribution in [0.5, 0.6) is 11.5 Å². The molecule has 6 heteroatoms. The second kappa shape index (κ2) is 6.69. The number of carbonyl (C=O) groups excluding carboxylic acids is 1. The van der Waals surface area contributed by atoms with Crippen LogP contribution in [-0.2, 0) is 19.6 Å². The van der Waals surface area contributed by atoms with Crippen LogP contribution in [0.1, 0.15) is 38.5 Å². The summed E-state index contributed by atoms with van der Waals surface area (Å²) in [5.41, 5.74) is 2.31. The maximum Gasteiger partial charge on any atom is 0.261 e. The molecule has 1 N–H and O–H groups in total. The number of benzene rings is 1. The molecule has 2 heterocycles. The van der Waals surface area contributed by atoms with E-state index in [1.165, 1.54) is 23.3 Å². The van der Waals surface area contributed by atoms with Gasteiger partial charge in [0.2, 0.25) is 0 Å². The minimum absolute atomic E-state index is 0.00726. The Morgan fingerprint density at radius 2 is 2.00 bits per heavy atom. The van der Waals surface area contributed by atoms with Crippen LogP contribution >= 0.6 is 11.3 Å². The van der Waals surface area contributed by atoms with Gasteiger partial charge < -0.3 is 14.8 Å². The molecular formula is C19H22N2O3S. The van der Waals surface area contributed by atoms with Crippen molar-refractivity contribution in [3.05, 3.63) is 45.1 Å². The molecule has 1 saturated carbocycles. The molecule has 4 rings (SSSR count). The van der Waals surface area contributed by atoms with E-state index < -0.39 is 0 Å². The van der Waals surface area contributed by atoms with Gasteiger partial charge in [-0.1, -0.05) is 6.07 Å². The van der Waals surface area contributed by atoms with Crippen molar-refractivity contribution in [3.63, 3.8) is 0 Å². The molecule has 1 aromatic carbocycles. The number of nitrogens with zero attached hydrogens (tertiary/aromatic N) is 1. The molecule has 2 aromatic rings. The molecule has 1 amide bonds. The second-order valence-electron chi connectivity index (χ2n) is 6.57. The minimum Gasteiger partial charge on any atom is -0.493 e. The van der Waals surface area contributed by atoms with Gasteiger partial charge >= 0.3 is 0 Å². The van der Waals surface area contributed by atoms with Crippen molar-refractivity contribution >= 4 is 17.2 Å². The number of rotatable bonds is 6. The third kappa shape index (κ3) is 3.37. The normalized spacial score (nSPS) is 16.6. The van der Waals surface area contributed by atoms with Crippen molar-refractivity contribution in [1.82, 2.24) is 10.2 Å². The summed E-state index contributed by atoms with van der Waals surface area (Å²) in [5.74, 6) is 1.35. The molecule has 1 fully saturated rings. The van der Waals surface area contributed by atoms with Crippen LogP contribution < -0.4 is 14.8 Å². The highest BCUT2D eigenvalue weighted by Gasteiger charge is 2.34. The average Bonchev–Trinajstić information content (AvgIpc) is 3.29. The number of amides is 1. The molecule has 25 heavy (non-hydrogen) atoms. The van der Waals surface area contributed by atoms with Crippen molar-refractivity contribution in [3.8, 4) is 11.5 Å². The molecule has 0 spiro atoms. The van der Waals surface area contributed by atoms with E-state index in [9.17, 15) is 4.79 Å². The topological polar surface area (TPSA) is 50.8 Å². The Hall–Kier alpha value is -2.05. The summed E-state index contributed by atoms with van der Waals surface area (Å²) in [5, 5.41) is 3.00. The van der Waals surface area contributed by atoms with Gasteiger partial charge in [0.15, 0.2) is 11.5 Å². The van der Waals surface area contributed by atoms with Gasteiger partial charge in [-0.15, -0.1) is 11.3 Å². The number of thiophene rings is 1. The van der Waals surface area contributed by atoms with E-state index in [2.05, 4.69) is 16.3 Å². The zero-order valence-corrected chi connectivity index (χ0v) is 15.3. The van der Waals surface area contributed by atoms with Crippen LogP contribution in [0.25, 0.3) is 0 Å². The number of methoxy groups -OCH3 is 2. The Morgan fingerprint density at radius 1 is 1.20 bits per heavy atom.